The van der Waals surface area contributed by atoms with E-state index in [9.17, 15) is 0 Å². The van der Waals surface area contributed by atoms with Crippen LogP contribution in [-0.2, 0) is 13.0 Å². The average molecular weight is 407 g/mol. The molecule has 0 aliphatic heterocycles. The minimum Gasteiger partial charge on any atom is -0.356 e. The van der Waals surface area contributed by atoms with E-state index in [0.717, 1.165) is 49.8 Å². The van der Waals surface area contributed by atoms with E-state index in [1.807, 2.05) is 13.1 Å². The van der Waals surface area contributed by atoms with Crippen LogP contribution in [0.3, 0.4) is 0 Å². The second-order valence-corrected chi connectivity index (χ2v) is 7.84. The highest BCUT2D eigenvalue weighted by atomic mass is 15.2. The number of hydrogen-bond acceptors (Lipinski definition) is 3. The predicted octanol–water partition coefficient (Wildman–Crippen LogP) is 3.07. The van der Waals surface area contributed by atoms with Crippen molar-refractivity contribution >= 4 is 17.0 Å². The Balaban J connectivity index is 1.46. The molecule has 1 heterocycles. The molecule has 0 bridgehead atoms. The molecule has 1 atom stereocenters. The van der Waals surface area contributed by atoms with Gasteiger partial charge in [-0.05, 0) is 51.6 Å². The van der Waals surface area contributed by atoms with Gasteiger partial charge in [0.15, 0.2) is 5.96 Å². The summed E-state index contributed by atoms with van der Waals surface area (Å²) in [6.07, 6.45) is 2.01. The Hall–Kier alpha value is -2.86. The number of likely N-dealkylation sites (N-methyl/N-ethyl adjacent to an activating group) is 1. The molecule has 1 unspecified atom stereocenters. The van der Waals surface area contributed by atoms with E-state index in [4.69, 9.17) is 0 Å². The molecule has 2 N–H and O–H groups in total. The number of fused-ring (bicyclic) bond motifs is 1. The fourth-order valence-corrected chi connectivity index (χ4v) is 3.68. The van der Waals surface area contributed by atoms with Gasteiger partial charge in [-0.3, -0.25) is 4.99 Å². The Kier molecular flexibility index (Phi) is 7.85. The minimum atomic E-state index is 0.394. The third kappa shape index (κ3) is 5.83. The van der Waals surface area contributed by atoms with Crippen LogP contribution in [0.25, 0.3) is 11.0 Å². The zero-order valence-electron chi connectivity index (χ0n) is 18.6. The second-order valence-electron chi connectivity index (χ2n) is 7.84. The molecular weight excluding hydrogens is 372 g/mol. The van der Waals surface area contributed by atoms with E-state index in [2.05, 4.69) is 99.6 Å². The van der Waals surface area contributed by atoms with Crippen molar-refractivity contribution in [1.82, 2.24) is 25.1 Å². The number of aromatic nitrogens is 2. The van der Waals surface area contributed by atoms with E-state index >= 15 is 0 Å². The molecule has 0 amide bonds. The van der Waals surface area contributed by atoms with E-state index in [-0.39, 0.29) is 0 Å². The molecule has 0 saturated carbocycles. The third-order valence-corrected chi connectivity index (χ3v) is 5.47. The van der Waals surface area contributed by atoms with E-state index in [1.54, 1.807) is 0 Å². The summed E-state index contributed by atoms with van der Waals surface area (Å²) in [5.74, 6) is 1.91. The van der Waals surface area contributed by atoms with Gasteiger partial charge in [-0.15, -0.1) is 0 Å². The largest absolute Gasteiger partial charge is 0.356 e. The summed E-state index contributed by atoms with van der Waals surface area (Å²) in [5.41, 5.74) is 3.62. The normalized spacial score (nSPS) is 13.0. The highest BCUT2D eigenvalue weighted by Crippen LogP contribution is 2.15. The summed E-state index contributed by atoms with van der Waals surface area (Å²) in [6, 6.07) is 19.3. The van der Waals surface area contributed by atoms with Gasteiger partial charge in [-0.2, -0.15) is 0 Å². The molecule has 6 nitrogen and oxygen atoms in total. The van der Waals surface area contributed by atoms with E-state index in [0.29, 0.717) is 6.04 Å². The lowest BCUT2D eigenvalue weighted by atomic mass is 10.1. The fourth-order valence-electron chi connectivity index (χ4n) is 3.68. The molecule has 0 saturated heterocycles. The maximum atomic E-state index is 4.64. The number of aryl methyl sites for hydroxylation is 2. The number of nitrogens with one attached hydrogen (secondary N) is 2. The minimum absolute atomic E-state index is 0.394. The number of aliphatic imine (C=N–C) groups is 1. The van der Waals surface area contributed by atoms with Crippen molar-refractivity contribution in [1.29, 1.82) is 0 Å². The first-order valence-corrected chi connectivity index (χ1v) is 10.6. The summed E-state index contributed by atoms with van der Waals surface area (Å²) in [5, 5.41) is 6.93. The lowest BCUT2D eigenvalue weighted by Crippen LogP contribution is -2.46. The standard InChI is InChI=1S/C24H34N6/c1-19-28-22-13-8-9-14-23(22)30(19)16-10-15-26-24(25-2)27-18-21(29(3)4)17-20-11-6-5-7-12-20/h5-9,11-14,21H,10,15-18H2,1-4H3,(H2,25,26,27). The molecular formula is C24H34N6. The smallest absolute Gasteiger partial charge is 0.191 e. The number of para-hydroxylation sites is 2. The molecule has 0 radical (unpaired) electrons. The van der Waals surface area contributed by atoms with Gasteiger partial charge in [0, 0.05) is 32.7 Å². The van der Waals surface area contributed by atoms with Crippen molar-refractivity contribution in [2.24, 2.45) is 4.99 Å². The fraction of sp³-hybridized carbons (Fsp3) is 0.417. The maximum Gasteiger partial charge on any atom is 0.191 e. The third-order valence-electron chi connectivity index (χ3n) is 5.47. The molecule has 160 valence electrons. The highest BCUT2D eigenvalue weighted by molar-refractivity contribution is 5.79. The number of guanidine groups is 1. The number of imidazole rings is 1. The lowest BCUT2D eigenvalue weighted by Gasteiger charge is -2.25. The maximum absolute atomic E-state index is 4.64. The van der Waals surface area contributed by atoms with Gasteiger partial charge in [0.1, 0.15) is 5.82 Å². The Labute approximate surface area is 180 Å². The second kappa shape index (κ2) is 10.8. The quantitative estimate of drug-likeness (QED) is 0.326. The summed E-state index contributed by atoms with van der Waals surface area (Å²) in [7, 11) is 6.08. The highest BCUT2D eigenvalue weighted by Gasteiger charge is 2.13. The van der Waals surface area contributed by atoms with Crippen LogP contribution >= 0.6 is 0 Å². The predicted molar refractivity (Wildman–Crippen MR) is 126 cm³/mol. The van der Waals surface area contributed by atoms with Gasteiger partial charge in [-0.1, -0.05) is 42.5 Å². The van der Waals surface area contributed by atoms with Gasteiger partial charge in [0.25, 0.3) is 0 Å². The first-order valence-electron chi connectivity index (χ1n) is 10.6. The molecule has 0 fully saturated rings. The van der Waals surface area contributed by atoms with E-state index in [1.165, 1.54) is 11.1 Å². The number of benzene rings is 2. The van der Waals surface area contributed by atoms with Crippen molar-refractivity contribution in [3.63, 3.8) is 0 Å². The first kappa shape index (κ1) is 21.8. The zero-order valence-corrected chi connectivity index (χ0v) is 18.6. The molecule has 0 aliphatic rings. The van der Waals surface area contributed by atoms with Gasteiger partial charge in [0.2, 0.25) is 0 Å². The Bertz CT molecular complexity index is 945. The first-order chi connectivity index (χ1) is 14.6. The topological polar surface area (TPSA) is 57.5 Å². The van der Waals surface area contributed by atoms with Gasteiger partial charge in [-0.25, -0.2) is 4.98 Å². The van der Waals surface area contributed by atoms with Gasteiger partial charge < -0.3 is 20.1 Å². The van der Waals surface area contributed by atoms with Crippen molar-refractivity contribution < 1.29 is 0 Å². The molecule has 1 aromatic heterocycles. The SMILES string of the molecule is CN=C(NCCCn1c(C)nc2ccccc21)NCC(Cc1ccccc1)N(C)C. The molecule has 3 rings (SSSR count). The zero-order chi connectivity index (χ0) is 21.3. The summed E-state index contributed by atoms with van der Waals surface area (Å²) >= 11 is 0. The van der Waals surface area contributed by atoms with Crippen LogP contribution in [0.1, 0.15) is 17.8 Å². The van der Waals surface area contributed by atoms with E-state index < -0.39 is 0 Å². The molecule has 2 aromatic carbocycles. The van der Waals surface area contributed by atoms with Crippen LogP contribution in [0.15, 0.2) is 59.6 Å². The molecule has 3 aromatic rings. The van der Waals surface area contributed by atoms with Gasteiger partial charge in [0.05, 0.1) is 11.0 Å². The molecule has 0 spiro atoms. The lowest BCUT2D eigenvalue weighted by molar-refractivity contribution is 0.290. The Morgan fingerprint density at radius 1 is 1.07 bits per heavy atom. The Morgan fingerprint density at radius 2 is 1.80 bits per heavy atom. The molecule has 6 heteroatoms. The van der Waals surface area contributed by atoms with Crippen LogP contribution in [0, 0.1) is 6.92 Å². The Morgan fingerprint density at radius 3 is 2.53 bits per heavy atom. The summed E-state index contributed by atoms with van der Waals surface area (Å²) in [4.78, 5) is 11.3. The van der Waals surface area contributed by atoms with Crippen LogP contribution in [0.4, 0.5) is 0 Å². The average Bonchev–Trinajstić information content (AvgIpc) is 3.07. The van der Waals surface area contributed by atoms with Crippen molar-refractivity contribution in [2.75, 3.05) is 34.2 Å². The van der Waals surface area contributed by atoms with Crippen molar-refractivity contribution in [3.05, 3.63) is 66.0 Å². The monoisotopic (exact) mass is 406 g/mol. The number of nitrogens with zero attached hydrogens (tertiary/aromatic N) is 4. The van der Waals surface area contributed by atoms with Gasteiger partial charge >= 0.3 is 0 Å². The molecule has 30 heavy (non-hydrogen) atoms. The van der Waals surface area contributed by atoms with Crippen LogP contribution in [0.5, 0.6) is 0 Å². The van der Waals surface area contributed by atoms with Crippen molar-refractivity contribution in [2.45, 2.75) is 32.4 Å². The number of hydrogen-bond donors (Lipinski definition) is 2. The van der Waals surface area contributed by atoms with Crippen LogP contribution < -0.4 is 10.6 Å². The summed E-state index contributed by atoms with van der Waals surface area (Å²) < 4.78 is 2.29. The van der Waals surface area contributed by atoms with Crippen molar-refractivity contribution in [3.8, 4) is 0 Å². The van der Waals surface area contributed by atoms with Crippen LogP contribution in [-0.4, -0.2) is 60.7 Å². The van der Waals surface area contributed by atoms with Crippen LogP contribution in [0.2, 0.25) is 0 Å². The molecule has 0 aliphatic carbocycles. The summed E-state index contributed by atoms with van der Waals surface area (Å²) in [6.45, 7) is 4.70. The number of rotatable bonds is 9.